The molecular weight excluding hydrogens is 470 g/mol. The molecule has 1 fully saturated rings. The smallest absolute Gasteiger partial charge is 0.321 e. The van der Waals surface area contributed by atoms with Crippen LogP contribution < -0.4 is 10.6 Å². The highest BCUT2D eigenvalue weighted by Crippen LogP contribution is 2.35. The summed E-state index contributed by atoms with van der Waals surface area (Å²) in [6.45, 7) is 8.94. The second-order valence-corrected chi connectivity index (χ2v) is 9.79. The molecule has 0 atom stereocenters. The zero-order chi connectivity index (χ0) is 26.5. The molecule has 2 aromatic carbocycles. The van der Waals surface area contributed by atoms with Gasteiger partial charge in [0.1, 0.15) is 0 Å². The van der Waals surface area contributed by atoms with E-state index in [0.717, 1.165) is 71.8 Å². The molecule has 3 aromatic rings. The van der Waals surface area contributed by atoms with Crippen LogP contribution >= 0.6 is 0 Å². The van der Waals surface area contributed by atoms with Gasteiger partial charge in [-0.1, -0.05) is 67.3 Å². The van der Waals surface area contributed by atoms with Crippen molar-refractivity contribution in [3.8, 4) is 22.4 Å². The fraction of sp³-hybridized carbons (Fsp3) is 0.250. The van der Waals surface area contributed by atoms with Crippen molar-refractivity contribution in [2.24, 2.45) is 0 Å². The van der Waals surface area contributed by atoms with Gasteiger partial charge in [0, 0.05) is 67.5 Å². The standard InChI is InChI=1S/C32H35N5O/c1-4-18-37(32(38)33-3)27-15-19-36(20-16-27)22-24-10-12-26(13-11-24)31-29(25-8-6-5-7-9-25)21-28-23(2)34-17-14-30(28)35-31/h4-14,17-18,21,27,34H,2,15-16,19-20,22H2,1,3H3,(H,33,38)/b18-4+. The molecule has 3 heterocycles. The summed E-state index contributed by atoms with van der Waals surface area (Å²) in [6, 6.07) is 21.6. The number of benzene rings is 2. The van der Waals surface area contributed by atoms with E-state index in [2.05, 4.69) is 76.7 Å². The Morgan fingerprint density at radius 3 is 2.53 bits per heavy atom. The molecule has 0 aliphatic carbocycles. The van der Waals surface area contributed by atoms with Crippen LogP contribution in [0.25, 0.3) is 34.2 Å². The Kier molecular flexibility index (Phi) is 7.70. The lowest BCUT2D eigenvalue weighted by Gasteiger charge is -2.36. The van der Waals surface area contributed by atoms with Crippen LogP contribution in [0, 0.1) is 0 Å². The normalized spacial score (nSPS) is 15.8. The summed E-state index contributed by atoms with van der Waals surface area (Å²) in [7, 11) is 1.69. The molecule has 1 aromatic heterocycles. The van der Waals surface area contributed by atoms with Gasteiger partial charge >= 0.3 is 6.03 Å². The first kappa shape index (κ1) is 25.5. The van der Waals surface area contributed by atoms with E-state index in [4.69, 9.17) is 4.98 Å². The van der Waals surface area contributed by atoms with E-state index in [9.17, 15) is 4.79 Å². The van der Waals surface area contributed by atoms with Crippen LogP contribution in [-0.4, -0.2) is 47.0 Å². The van der Waals surface area contributed by atoms with Crippen LogP contribution in [-0.2, 0) is 6.54 Å². The molecule has 0 unspecified atom stereocenters. The lowest BCUT2D eigenvalue weighted by Crippen LogP contribution is -2.47. The zero-order valence-corrected chi connectivity index (χ0v) is 22.2. The Labute approximate surface area is 225 Å². The number of likely N-dealkylation sites (tertiary alicyclic amines) is 1. The maximum absolute atomic E-state index is 12.3. The molecule has 2 aliphatic heterocycles. The van der Waals surface area contributed by atoms with Crippen LogP contribution in [0.4, 0.5) is 4.79 Å². The Morgan fingerprint density at radius 2 is 1.84 bits per heavy atom. The number of urea groups is 1. The van der Waals surface area contributed by atoms with Crippen molar-refractivity contribution in [2.45, 2.75) is 32.4 Å². The van der Waals surface area contributed by atoms with Gasteiger partial charge in [-0.15, -0.1) is 0 Å². The number of piperidine rings is 1. The van der Waals surface area contributed by atoms with E-state index >= 15 is 0 Å². The molecule has 0 bridgehead atoms. The maximum Gasteiger partial charge on any atom is 0.321 e. The van der Waals surface area contributed by atoms with Crippen LogP contribution in [0.3, 0.4) is 0 Å². The summed E-state index contributed by atoms with van der Waals surface area (Å²) < 4.78 is 0. The van der Waals surface area contributed by atoms with Crippen LogP contribution in [0.5, 0.6) is 0 Å². The van der Waals surface area contributed by atoms with Crippen molar-refractivity contribution in [3.63, 3.8) is 0 Å². The van der Waals surface area contributed by atoms with E-state index in [1.54, 1.807) is 7.05 Å². The Hall–Kier alpha value is -4.16. The van der Waals surface area contributed by atoms with E-state index in [0.29, 0.717) is 0 Å². The fourth-order valence-electron chi connectivity index (χ4n) is 5.28. The van der Waals surface area contributed by atoms with Gasteiger partial charge in [0.2, 0.25) is 0 Å². The lowest BCUT2D eigenvalue weighted by atomic mass is 9.94. The van der Waals surface area contributed by atoms with E-state index in [1.807, 2.05) is 42.4 Å². The fourth-order valence-corrected chi connectivity index (χ4v) is 5.28. The average molecular weight is 506 g/mol. The molecule has 2 amide bonds. The predicted octanol–water partition coefficient (Wildman–Crippen LogP) is 6.10. The number of rotatable bonds is 6. The number of hydrogen-bond acceptors (Lipinski definition) is 4. The molecule has 0 radical (unpaired) electrons. The van der Waals surface area contributed by atoms with Gasteiger partial charge in [-0.2, -0.15) is 0 Å². The molecule has 1 saturated heterocycles. The Morgan fingerprint density at radius 1 is 1.11 bits per heavy atom. The first-order valence-electron chi connectivity index (χ1n) is 13.2. The number of fused-ring (bicyclic) bond motifs is 1. The first-order valence-corrected chi connectivity index (χ1v) is 13.2. The number of carbonyl (C=O) groups is 1. The number of allylic oxidation sites excluding steroid dienone is 1. The maximum atomic E-state index is 12.3. The highest BCUT2D eigenvalue weighted by molar-refractivity contribution is 5.87. The van der Waals surface area contributed by atoms with Crippen molar-refractivity contribution in [1.29, 1.82) is 0 Å². The van der Waals surface area contributed by atoms with Gasteiger partial charge in [0.05, 0.1) is 11.4 Å². The van der Waals surface area contributed by atoms with Crippen molar-refractivity contribution in [1.82, 2.24) is 25.4 Å². The summed E-state index contributed by atoms with van der Waals surface area (Å²) in [5, 5.41) is 5.96. The second kappa shape index (κ2) is 11.5. The van der Waals surface area contributed by atoms with Gasteiger partial charge in [-0.3, -0.25) is 9.80 Å². The van der Waals surface area contributed by atoms with E-state index in [-0.39, 0.29) is 12.1 Å². The lowest BCUT2D eigenvalue weighted by molar-refractivity contribution is 0.141. The number of nitrogens with zero attached hydrogens (tertiary/aromatic N) is 3. The predicted molar refractivity (Wildman–Crippen MR) is 156 cm³/mol. The highest BCUT2D eigenvalue weighted by atomic mass is 16.2. The van der Waals surface area contributed by atoms with E-state index < -0.39 is 0 Å². The third kappa shape index (κ3) is 5.41. The van der Waals surface area contributed by atoms with Gasteiger partial charge in [0.15, 0.2) is 0 Å². The van der Waals surface area contributed by atoms with Gasteiger partial charge < -0.3 is 10.6 Å². The third-order valence-corrected chi connectivity index (χ3v) is 7.30. The molecular formula is C32H35N5O. The highest BCUT2D eigenvalue weighted by Gasteiger charge is 2.26. The minimum absolute atomic E-state index is 0.0427. The molecule has 6 heteroatoms. The molecule has 194 valence electrons. The van der Waals surface area contributed by atoms with Crippen LogP contribution in [0.1, 0.15) is 36.6 Å². The molecule has 5 rings (SSSR count). The summed E-state index contributed by atoms with van der Waals surface area (Å²) in [6.07, 6.45) is 9.63. The molecule has 2 aliphatic rings. The number of amides is 2. The molecule has 0 spiro atoms. The van der Waals surface area contributed by atoms with Crippen LogP contribution in [0.15, 0.2) is 85.7 Å². The minimum Gasteiger partial charge on any atom is -0.362 e. The Balaban J connectivity index is 1.33. The number of nitrogens with one attached hydrogen (secondary N) is 2. The third-order valence-electron chi connectivity index (χ3n) is 7.30. The molecule has 0 saturated carbocycles. The first-order chi connectivity index (χ1) is 18.6. The van der Waals surface area contributed by atoms with Crippen molar-refractivity contribution in [3.05, 3.63) is 103 Å². The van der Waals surface area contributed by atoms with Crippen LogP contribution in [0.2, 0.25) is 0 Å². The topological polar surface area (TPSA) is 60.5 Å². The second-order valence-electron chi connectivity index (χ2n) is 9.79. The quantitative estimate of drug-likeness (QED) is 0.425. The van der Waals surface area contributed by atoms with Crippen molar-refractivity contribution >= 4 is 17.8 Å². The summed E-state index contributed by atoms with van der Waals surface area (Å²) in [5.41, 5.74) is 8.40. The zero-order valence-electron chi connectivity index (χ0n) is 22.2. The monoisotopic (exact) mass is 505 g/mol. The molecule has 6 nitrogen and oxygen atoms in total. The van der Waals surface area contributed by atoms with Gasteiger partial charge in [-0.05, 0) is 43.0 Å². The molecule has 38 heavy (non-hydrogen) atoms. The Bertz CT molecular complexity index is 1350. The number of aromatic nitrogens is 1. The summed E-state index contributed by atoms with van der Waals surface area (Å²) in [4.78, 5) is 21.6. The summed E-state index contributed by atoms with van der Waals surface area (Å²) >= 11 is 0. The average Bonchev–Trinajstić information content (AvgIpc) is 2.96. The number of pyridine rings is 1. The number of carbonyl (C=O) groups excluding carboxylic acids is 1. The van der Waals surface area contributed by atoms with Gasteiger partial charge in [-0.25, -0.2) is 9.78 Å². The largest absolute Gasteiger partial charge is 0.362 e. The summed E-state index contributed by atoms with van der Waals surface area (Å²) in [5.74, 6) is 0. The SMILES string of the molecule is C=C1NC=Cc2nc(-c3ccc(CN4CCC(N(/C=C/C)C(=O)NC)CC4)cc3)c(-c3ccccc3)cc21. The van der Waals surface area contributed by atoms with Crippen molar-refractivity contribution < 1.29 is 4.79 Å². The number of hydrogen-bond donors (Lipinski definition) is 2. The van der Waals surface area contributed by atoms with Crippen molar-refractivity contribution in [2.75, 3.05) is 20.1 Å². The van der Waals surface area contributed by atoms with Gasteiger partial charge in [0.25, 0.3) is 0 Å². The minimum atomic E-state index is -0.0427. The molecule has 2 N–H and O–H groups in total. The van der Waals surface area contributed by atoms with E-state index in [1.165, 1.54) is 5.56 Å².